The summed E-state index contributed by atoms with van der Waals surface area (Å²) in [6.45, 7) is 1.77. The molecule has 1 fully saturated rings. The third-order valence-corrected chi connectivity index (χ3v) is 7.00. The van der Waals surface area contributed by atoms with Gasteiger partial charge in [0.05, 0.1) is 36.4 Å². The van der Waals surface area contributed by atoms with E-state index >= 15 is 0 Å². The molecular weight excluding hydrogens is 418 g/mol. The van der Waals surface area contributed by atoms with Crippen molar-refractivity contribution in [2.24, 2.45) is 0 Å². The number of sulfone groups is 1. The van der Waals surface area contributed by atoms with Gasteiger partial charge in [-0.25, -0.2) is 8.42 Å². The fourth-order valence-electron chi connectivity index (χ4n) is 3.62. The number of nitrogens with zero attached hydrogens (tertiary/aromatic N) is 2. The standard InChI is InChI=1S/C22H23N3O5S/c1-15-19(13-23-25(15)17-11-12-31(27,28)14-17)22(26)24-16-7-9-18(10-8-16)30-21-6-4-3-5-20(21)29-2/h3-10,13,17H,11-12,14H2,1-2H3,(H,24,26)/t17-/m1/s1. The summed E-state index contributed by atoms with van der Waals surface area (Å²) in [4.78, 5) is 12.7. The van der Waals surface area contributed by atoms with E-state index in [2.05, 4.69) is 10.4 Å². The SMILES string of the molecule is COc1ccccc1Oc1ccc(NC(=O)c2cnn([C@@H]3CCS(=O)(=O)C3)c2C)cc1. The number of amides is 1. The summed E-state index contributed by atoms with van der Waals surface area (Å²) in [5, 5.41) is 7.10. The summed E-state index contributed by atoms with van der Waals surface area (Å²) in [5.41, 5.74) is 1.67. The lowest BCUT2D eigenvalue weighted by atomic mass is 10.2. The van der Waals surface area contributed by atoms with Crippen molar-refractivity contribution in [3.63, 3.8) is 0 Å². The highest BCUT2D eigenvalue weighted by Crippen LogP contribution is 2.31. The molecule has 2 heterocycles. The van der Waals surface area contributed by atoms with Crippen LogP contribution in [-0.4, -0.2) is 42.7 Å². The normalized spacial score (nSPS) is 17.3. The van der Waals surface area contributed by atoms with Crippen molar-refractivity contribution < 1.29 is 22.7 Å². The minimum absolute atomic E-state index is 0.0598. The summed E-state index contributed by atoms with van der Waals surface area (Å²) in [6, 6.07) is 14.1. The molecule has 1 amide bonds. The first kappa shape index (κ1) is 20.9. The lowest BCUT2D eigenvalue weighted by Crippen LogP contribution is -2.16. The van der Waals surface area contributed by atoms with Gasteiger partial charge < -0.3 is 14.8 Å². The van der Waals surface area contributed by atoms with Crippen molar-refractivity contribution in [3.05, 3.63) is 66.0 Å². The second-order valence-corrected chi connectivity index (χ2v) is 9.61. The molecule has 31 heavy (non-hydrogen) atoms. The maximum atomic E-state index is 12.7. The number of nitrogens with one attached hydrogen (secondary N) is 1. The Morgan fingerprint density at radius 3 is 2.48 bits per heavy atom. The highest BCUT2D eigenvalue weighted by atomic mass is 32.2. The number of carbonyl (C=O) groups excluding carboxylic acids is 1. The predicted molar refractivity (Wildman–Crippen MR) is 117 cm³/mol. The smallest absolute Gasteiger partial charge is 0.259 e. The molecule has 0 aliphatic carbocycles. The molecule has 1 aliphatic heterocycles. The van der Waals surface area contributed by atoms with Crippen LogP contribution < -0.4 is 14.8 Å². The fourth-order valence-corrected chi connectivity index (χ4v) is 5.31. The minimum atomic E-state index is -3.03. The Hall–Kier alpha value is -3.33. The van der Waals surface area contributed by atoms with Crippen LogP contribution in [0.5, 0.6) is 17.2 Å². The Kier molecular flexibility index (Phi) is 5.69. The van der Waals surface area contributed by atoms with Gasteiger partial charge in [0.15, 0.2) is 21.3 Å². The number of rotatable bonds is 6. The summed E-state index contributed by atoms with van der Waals surface area (Å²) in [5.74, 6) is 1.74. The van der Waals surface area contributed by atoms with Crippen LogP contribution >= 0.6 is 0 Å². The first-order valence-electron chi connectivity index (χ1n) is 9.83. The molecule has 162 valence electrons. The summed E-state index contributed by atoms with van der Waals surface area (Å²) in [6.07, 6.45) is 1.99. The fraction of sp³-hybridized carbons (Fsp3) is 0.273. The Morgan fingerprint density at radius 2 is 1.84 bits per heavy atom. The molecular formula is C22H23N3O5S. The van der Waals surface area contributed by atoms with Crippen LogP contribution in [0.2, 0.25) is 0 Å². The van der Waals surface area contributed by atoms with Crippen molar-refractivity contribution in [1.29, 1.82) is 0 Å². The lowest BCUT2D eigenvalue weighted by Gasteiger charge is -2.12. The number of ether oxygens (including phenoxy) is 2. The molecule has 0 saturated carbocycles. The molecule has 1 atom stereocenters. The van der Waals surface area contributed by atoms with Crippen LogP contribution in [0.15, 0.2) is 54.7 Å². The molecule has 4 rings (SSSR count). The van der Waals surface area contributed by atoms with Gasteiger partial charge in [-0.1, -0.05) is 12.1 Å². The lowest BCUT2D eigenvalue weighted by molar-refractivity contribution is 0.102. The summed E-state index contributed by atoms with van der Waals surface area (Å²) < 4.78 is 36.3. The molecule has 1 aliphatic rings. The Morgan fingerprint density at radius 1 is 1.13 bits per heavy atom. The molecule has 0 unspecified atom stereocenters. The van der Waals surface area contributed by atoms with Gasteiger partial charge in [-0.05, 0) is 49.7 Å². The highest BCUT2D eigenvalue weighted by Gasteiger charge is 2.31. The van der Waals surface area contributed by atoms with Crippen LogP contribution in [0.1, 0.15) is 28.5 Å². The van der Waals surface area contributed by atoms with E-state index in [-0.39, 0.29) is 23.5 Å². The molecule has 8 nitrogen and oxygen atoms in total. The van der Waals surface area contributed by atoms with E-state index in [1.54, 1.807) is 43.0 Å². The second-order valence-electron chi connectivity index (χ2n) is 7.38. The van der Waals surface area contributed by atoms with Gasteiger partial charge in [-0.2, -0.15) is 5.10 Å². The predicted octanol–water partition coefficient (Wildman–Crippen LogP) is 3.60. The van der Waals surface area contributed by atoms with E-state index in [0.717, 1.165) is 0 Å². The number of methoxy groups -OCH3 is 1. The second kappa shape index (κ2) is 8.43. The van der Waals surface area contributed by atoms with Crippen LogP contribution in [0, 0.1) is 6.92 Å². The maximum Gasteiger partial charge on any atom is 0.259 e. The van der Waals surface area contributed by atoms with Crippen molar-refractivity contribution >= 4 is 21.4 Å². The molecule has 1 aromatic heterocycles. The molecule has 0 radical (unpaired) electrons. The van der Waals surface area contributed by atoms with Gasteiger partial charge >= 0.3 is 0 Å². The third kappa shape index (κ3) is 4.56. The monoisotopic (exact) mass is 441 g/mol. The van der Waals surface area contributed by atoms with E-state index in [0.29, 0.717) is 40.6 Å². The Bertz CT molecular complexity index is 1200. The summed E-state index contributed by atoms with van der Waals surface area (Å²) in [7, 11) is -1.45. The van der Waals surface area contributed by atoms with Gasteiger partial charge in [0.1, 0.15) is 5.75 Å². The van der Waals surface area contributed by atoms with E-state index in [4.69, 9.17) is 9.47 Å². The molecule has 9 heteroatoms. The number of aromatic nitrogens is 2. The number of hydrogen-bond donors (Lipinski definition) is 1. The maximum absolute atomic E-state index is 12.7. The van der Waals surface area contributed by atoms with Crippen LogP contribution in [0.25, 0.3) is 0 Å². The quantitative estimate of drug-likeness (QED) is 0.627. The Balaban J connectivity index is 1.43. The number of hydrogen-bond acceptors (Lipinski definition) is 6. The molecule has 1 N–H and O–H groups in total. The van der Waals surface area contributed by atoms with Gasteiger partial charge in [-0.3, -0.25) is 9.48 Å². The largest absolute Gasteiger partial charge is 0.493 e. The van der Waals surface area contributed by atoms with Gasteiger partial charge in [0.25, 0.3) is 5.91 Å². The van der Waals surface area contributed by atoms with Crippen molar-refractivity contribution in [3.8, 4) is 17.2 Å². The number of carbonyl (C=O) groups is 1. The van der Waals surface area contributed by atoms with Crippen LogP contribution in [-0.2, 0) is 9.84 Å². The van der Waals surface area contributed by atoms with Gasteiger partial charge in [0, 0.05) is 11.4 Å². The van der Waals surface area contributed by atoms with E-state index in [1.165, 1.54) is 6.20 Å². The average Bonchev–Trinajstić information content (AvgIpc) is 3.31. The first-order chi connectivity index (χ1) is 14.9. The van der Waals surface area contributed by atoms with Crippen molar-refractivity contribution in [2.45, 2.75) is 19.4 Å². The highest BCUT2D eigenvalue weighted by molar-refractivity contribution is 7.91. The number of anilines is 1. The molecule has 1 saturated heterocycles. The number of benzene rings is 2. The van der Waals surface area contributed by atoms with Crippen molar-refractivity contribution in [2.75, 3.05) is 23.9 Å². The van der Waals surface area contributed by atoms with Gasteiger partial charge in [0.2, 0.25) is 0 Å². The topological polar surface area (TPSA) is 99.5 Å². The zero-order valence-corrected chi connectivity index (χ0v) is 18.1. The zero-order valence-electron chi connectivity index (χ0n) is 17.2. The van der Waals surface area contributed by atoms with Crippen LogP contribution in [0.3, 0.4) is 0 Å². The van der Waals surface area contributed by atoms with E-state index in [1.807, 2.05) is 24.3 Å². The molecule has 3 aromatic rings. The van der Waals surface area contributed by atoms with Gasteiger partial charge in [-0.15, -0.1) is 0 Å². The zero-order chi connectivity index (χ0) is 22.0. The average molecular weight is 442 g/mol. The van der Waals surface area contributed by atoms with E-state index < -0.39 is 9.84 Å². The first-order valence-corrected chi connectivity index (χ1v) is 11.7. The minimum Gasteiger partial charge on any atom is -0.493 e. The van der Waals surface area contributed by atoms with Crippen LogP contribution in [0.4, 0.5) is 5.69 Å². The Labute approximate surface area is 180 Å². The number of para-hydroxylation sites is 2. The molecule has 2 aromatic carbocycles. The van der Waals surface area contributed by atoms with E-state index in [9.17, 15) is 13.2 Å². The molecule has 0 bridgehead atoms. The summed E-state index contributed by atoms with van der Waals surface area (Å²) >= 11 is 0. The van der Waals surface area contributed by atoms with Crippen molar-refractivity contribution in [1.82, 2.24) is 9.78 Å². The molecule has 0 spiro atoms. The third-order valence-electron chi connectivity index (χ3n) is 5.25.